The lowest BCUT2D eigenvalue weighted by Gasteiger charge is -2.35. The zero-order valence-electron chi connectivity index (χ0n) is 18.3. The highest BCUT2D eigenvalue weighted by molar-refractivity contribution is 6.07. The van der Waals surface area contributed by atoms with Crippen molar-refractivity contribution in [3.63, 3.8) is 0 Å². The van der Waals surface area contributed by atoms with Gasteiger partial charge in [-0.2, -0.15) is 0 Å². The maximum absolute atomic E-state index is 13.8. The van der Waals surface area contributed by atoms with E-state index in [0.29, 0.717) is 30.5 Å². The number of ketones is 2. The molecule has 0 N–H and O–H groups in total. The van der Waals surface area contributed by atoms with Gasteiger partial charge in [0, 0.05) is 66.4 Å². The van der Waals surface area contributed by atoms with Gasteiger partial charge >= 0.3 is 0 Å². The molecule has 0 atom stereocenters. The van der Waals surface area contributed by atoms with Crippen LogP contribution in [-0.4, -0.2) is 16.1 Å². The molecule has 2 aliphatic carbocycles. The van der Waals surface area contributed by atoms with Crippen molar-refractivity contribution < 1.29 is 18.7 Å². The molecule has 0 saturated carbocycles. The number of nitrogens with zero attached hydrogens (tertiary/aromatic N) is 1. The Labute approximate surface area is 191 Å². The molecule has 166 valence electrons. The zero-order chi connectivity index (χ0) is 22.5. The lowest BCUT2D eigenvalue weighted by molar-refractivity contribution is -0.117. The number of hydrogen-bond donors (Lipinski definition) is 0. The van der Waals surface area contributed by atoms with Crippen LogP contribution in [-0.2, 0) is 20.9 Å². The predicted molar refractivity (Wildman–Crippen MR) is 123 cm³/mol. The van der Waals surface area contributed by atoms with Crippen molar-refractivity contribution in [1.29, 1.82) is 0 Å². The van der Waals surface area contributed by atoms with Gasteiger partial charge in [0.25, 0.3) is 0 Å². The number of halogens is 1. The van der Waals surface area contributed by atoms with Crippen LogP contribution < -0.4 is 0 Å². The third-order valence-corrected chi connectivity index (χ3v) is 7.01. The fourth-order valence-corrected chi connectivity index (χ4v) is 5.60. The molecule has 0 unspecified atom stereocenters. The summed E-state index contributed by atoms with van der Waals surface area (Å²) >= 11 is 0. The molecule has 33 heavy (non-hydrogen) atoms. The molecule has 0 spiro atoms. The summed E-state index contributed by atoms with van der Waals surface area (Å²) in [5.41, 5.74) is 4.12. The Morgan fingerprint density at radius 1 is 0.879 bits per heavy atom. The summed E-state index contributed by atoms with van der Waals surface area (Å²) in [5.74, 6) is 0.974. The number of carbonyl (C=O) groups is 2. The minimum Gasteiger partial charge on any atom is -0.465 e. The molecule has 2 aromatic carbocycles. The Morgan fingerprint density at radius 2 is 1.58 bits per heavy atom. The molecular formula is C28H24FNO3. The van der Waals surface area contributed by atoms with Gasteiger partial charge in [-0.3, -0.25) is 9.59 Å². The first kappa shape index (κ1) is 20.2. The normalized spacial score (nSPS) is 19.1. The molecular weight excluding hydrogens is 417 g/mol. The standard InChI is InChI=1S/C28H24FNO3/c29-18-7-3-6-17(14-18)15-30-16-20(19-8-1-2-9-21(19)30)26-27-22(31)10-4-12-24(27)33-25-13-5-11-23(32)28(25)26/h1-3,6-9,14,16,26H,4-5,10-13,15H2. The molecule has 0 amide bonds. The van der Waals surface area contributed by atoms with Gasteiger partial charge < -0.3 is 9.30 Å². The number of fused-ring (bicyclic) bond motifs is 1. The Morgan fingerprint density at radius 3 is 2.27 bits per heavy atom. The van der Waals surface area contributed by atoms with Crippen molar-refractivity contribution in [2.75, 3.05) is 0 Å². The number of aromatic nitrogens is 1. The Balaban J connectivity index is 1.55. The molecule has 0 fully saturated rings. The third-order valence-electron chi connectivity index (χ3n) is 7.01. The first-order valence-electron chi connectivity index (χ1n) is 11.6. The molecule has 3 aliphatic rings. The highest BCUT2D eigenvalue weighted by Crippen LogP contribution is 2.49. The number of hydrogen-bond acceptors (Lipinski definition) is 3. The summed E-state index contributed by atoms with van der Waals surface area (Å²) < 4.78 is 22.1. The quantitative estimate of drug-likeness (QED) is 0.504. The number of Topliss-reactive ketones (excluding diaryl/α,β-unsaturated/α-hetero) is 2. The number of allylic oxidation sites excluding steroid dienone is 4. The lowest BCUT2D eigenvalue weighted by Crippen LogP contribution is -2.30. The van der Waals surface area contributed by atoms with Crippen LogP contribution in [0.4, 0.5) is 4.39 Å². The van der Waals surface area contributed by atoms with E-state index < -0.39 is 5.92 Å². The van der Waals surface area contributed by atoms with E-state index in [4.69, 9.17) is 4.74 Å². The molecule has 3 aromatic rings. The fraction of sp³-hybridized carbons (Fsp3) is 0.286. The average Bonchev–Trinajstić information content (AvgIpc) is 3.16. The first-order chi connectivity index (χ1) is 16.1. The van der Waals surface area contributed by atoms with Gasteiger partial charge in [0.15, 0.2) is 11.6 Å². The minimum absolute atomic E-state index is 0.0770. The van der Waals surface area contributed by atoms with Gasteiger partial charge in [-0.05, 0) is 42.2 Å². The van der Waals surface area contributed by atoms with Crippen LogP contribution in [0, 0.1) is 5.82 Å². The van der Waals surface area contributed by atoms with Crippen LogP contribution in [0.5, 0.6) is 0 Å². The van der Waals surface area contributed by atoms with Crippen LogP contribution in [0.25, 0.3) is 10.9 Å². The highest BCUT2D eigenvalue weighted by atomic mass is 19.1. The van der Waals surface area contributed by atoms with E-state index in [2.05, 4.69) is 4.57 Å². The highest BCUT2D eigenvalue weighted by Gasteiger charge is 2.42. The minimum atomic E-state index is -0.400. The van der Waals surface area contributed by atoms with Gasteiger partial charge in [0.2, 0.25) is 0 Å². The van der Waals surface area contributed by atoms with E-state index in [1.54, 1.807) is 12.1 Å². The summed E-state index contributed by atoms with van der Waals surface area (Å²) in [7, 11) is 0. The summed E-state index contributed by atoms with van der Waals surface area (Å²) in [6.45, 7) is 0.501. The maximum Gasteiger partial charge on any atom is 0.163 e. The summed E-state index contributed by atoms with van der Waals surface area (Å²) in [5, 5.41) is 1.01. The monoisotopic (exact) mass is 441 g/mol. The van der Waals surface area contributed by atoms with Crippen LogP contribution in [0.2, 0.25) is 0 Å². The van der Waals surface area contributed by atoms with Gasteiger partial charge in [0.1, 0.15) is 17.3 Å². The third kappa shape index (κ3) is 3.34. The fourth-order valence-electron chi connectivity index (χ4n) is 5.60. The smallest absolute Gasteiger partial charge is 0.163 e. The Bertz CT molecular complexity index is 1330. The van der Waals surface area contributed by atoms with Gasteiger partial charge in [-0.25, -0.2) is 4.39 Å². The number of ether oxygens (including phenoxy) is 1. The Kier molecular flexibility index (Phi) is 4.79. The topological polar surface area (TPSA) is 48.3 Å². The second kappa shape index (κ2) is 7.84. The molecule has 0 radical (unpaired) electrons. The van der Waals surface area contributed by atoms with E-state index in [0.717, 1.165) is 59.2 Å². The molecule has 2 heterocycles. The van der Waals surface area contributed by atoms with Gasteiger partial charge in [-0.1, -0.05) is 30.3 Å². The van der Waals surface area contributed by atoms with E-state index >= 15 is 0 Å². The summed E-state index contributed by atoms with van der Waals surface area (Å²) in [4.78, 5) is 26.3. The number of para-hydroxylation sites is 1. The first-order valence-corrected chi connectivity index (χ1v) is 11.6. The molecule has 1 aliphatic heterocycles. The zero-order valence-corrected chi connectivity index (χ0v) is 18.3. The summed E-state index contributed by atoms with van der Waals surface area (Å²) in [6, 6.07) is 14.6. The largest absolute Gasteiger partial charge is 0.465 e. The summed E-state index contributed by atoms with van der Waals surface area (Å²) in [6.07, 6.45) is 6.03. The van der Waals surface area contributed by atoms with Crippen LogP contribution in [0.1, 0.15) is 55.6 Å². The van der Waals surface area contributed by atoms with E-state index in [1.807, 2.05) is 36.5 Å². The predicted octanol–water partition coefficient (Wildman–Crippen LogP) is 5.96. The maximum atomic E-state index is 13.8. The van der Waals surface area contributed by atoms with Crippen molar-refractivity contribution in [3.8, 4) is 0 Å². The lowest BCUT2D eigenvalue weighted by atomic mass is 9.73. The molecule has 1 aromatic heterocycles. The van der Waals surface area contributed by atoms with Gasteiger partial charge in [0.05, 0.1) is 0 Å². The second-order valence-corrected chi connectivity index (χ2v) is 9.12. The average molecular weight is 442 g/mol. The number of rotatable bonds is 3. The van der Waals surface area contributed by atoms with E-state index in [-0.39, 0.29) is 17.4 Å². The molecule has 5 heteroatoms. The Hall–Kier alpha value is -3.47. The van der Waals surface area contributed by atoms with Crippen LogP contribution in [0.3, 0.4) is 0 Å². The second-order valence-electron chi connectivity index (χ2n) is 9.12. The molecule has 0 bridgehead atoms. The van der Waals surface area contributed by atoms with Crippen LogP contribution in [0.15, 0.2) is 77.4 Å². The van der Waals surface area contributed by atoms with E-state index in [1.165, 1.54) is 6.07 Å². The van der Waals surface area contributed by atoms with Crippen molar-refractivity contribution in [2.24, 2.45) is 0 Å². The van der Waals surface area contributed by atoms with Crippen molar-refractivity contribution in [2.45, 2.75) is 51.0 Å². The molecule has 0 saturated heterocycles. The SMILES string of the molecule is O=C1CCCC2=C1C(c1cn(Cc3cccc(F)c3)c3ccccc13)C1=C(CCCC1=O)O2. The number of carbonyl (C=O) groups excluding carboxylic acids is 2. The van der Waals surface area contributed by atoms with Crippen molar-refractivity contribution >= 4 is 22.5 Å². The van der Waals surface area contributed by atoms with Gasteiger partial charge in [-0.15, -0.1) is 0 Å². The van der Waals surface area contributed by atoms with Crippen LogP contribution >= 0.6 is 0 Å². The number of benzene rings is 2. The molecule has 4 nitrogen and oxygen atoms in total. The van der Waals surface area contributed by atoms with Crippen molar-refractivity contribution in [1.82, 2.24) is 4.57 Å². The van der Waals surface area contributed by atoms with Crippen molar-refractivity contribution in [3.05, 3.63) is 94.3 Å². The van der Waals surface area contributed by atoms with E-state index in [9.17, 15) is 14.0 Å². The molecule has 6 rings (SSSR count).